The first-order chi connectivity index (χ1) is 12.6. The Hall–Kier alpha value is -0.920. The highest BCUT2D eigenvalue weighted by Gasteiger charge is 2.24. The number of piperidine rings is 1. The molecule has 1 aromatic rings. The maximum absolute atomic E-state index is 6.04. The fourth-order valence-electron chi connectivity index (χ4n) is 3.58. The molecule has 2 fully saturated rings. The Labute approximate surface area is 167 Å². The van der Waals surface area contributed by atoms with Gasteiger partial charge in [-0.15, -0.1) is 0 Å². The Morgan fingerprint density at radius 3 is 2.69 bits per heavy atom. The van der Waals surface area contributed by atoms with Gasteiger partial charge in [-0.3, -0.25) is 4.90 Å². The van der Waals surface area contributed by atoms with E-state index in [9.17, 15) is 0 Å². The van der Waals surface area contributed by atoms with E-state index in [1.54, 1.807) is 0 Å². The van der Waals surface area contributed by atoms with E-state index >= 15 is 0 Å². The summed E-state index contributed by atoms with van der Waals surface area (Å²) >= 11 is 11.6. The molecule has 5 nitrogen and oxygen atoms in total. The highest BCUT2D eigenvalue weighted by Crippen LogP contribution is 2.19. The Bertz CT molecular complexity index is 589. The number of thiocarbonyl (C=S) groups is 1. The molecule has 0 bridgehead atoms. The molecule has 2 aliphatic rings. The van der Waals surface area contributed by atoms with Crippen molar-refractivity contribution in [3.05, 3.63) is 29.3 Å². The Balaban J connectivity index is 1.39. The summed E-state index contributed by atoms with van der Waals surface area (Å²) in [5.74, 6) is 0. The number of benzene rings is 1. The predicted octanol–water partition coefficient (Wildman–Crippen LogP) is 2.77. The van der Waals surface area contributed by atoms with Crippen molar-refractivity contribution in [1.82, 2.24) is 14.7 Å². The van der Waals surface area contributed by atoms with Crippen LogP contribution in [0.4, 0.5) is 5.69 Å². The molecule has 0 spiro atoms. The van der Waals surface area contributed by atoms with Gasteiger partial charge in [0.15, 0.2) is 5.11 Å². The molecular weight excluding hydrogens is 368 g/mol. The number of anilines is 1. The maximum atomic E-state index is 6.04. The van der Waals surface area contributed by atoms with Gasteiger partial charge in [-0.25, -0.2) is 0 Å². The van der Waals surface area contributed by atoms with Crippen LogP contribution in [-0.4, -0.2) is 85.4 Å². The van der Waals surface area contributed by atoms with Crippen LogP contribution in [0.2, 0.25) is 5.02 Å². The molecule has 1 N–H and O–H groups in total. The summed E-state index contributed by atoms with van der Waals surface area (Å²) in [6.07, 6.45) is 2.30. The van der Waals surface area contributed by atoms with Crippen LogP contribution in [0.15, 0.2) is 24.3 Å². The van der Waals surface area contributed by atoms with Crippen molar-refractivity contribution in [3.63, 3.8) is 0 Å². The van der Waals surface area contributed by atoms with Crippen molar-refractivity contribution in [3.8, 4) is 0 Å². The summed E-state index contributed by atoms with van der Waals surface area (Å²) in [6.45, 7) is 8.13. The summed E-state index contributed by atoms with van der Waals surface area (Å²) in [5.41, 5.74) is 0.951. The van der Waals surface area contributed by atoms with Crippen LogP contribution in [0.3, 0.4) is 0 Å². The number of likely N-dealkylation sites (tertiary alicyclic amines) is 1. The van der Waals surface area contributed by atoms with Crippen molar-refractivity contribution in [2.75, 3.05) is 64.8 Å². The lowest BCUT2D eigenvalue weighted by Crippen LogP contribution is -2.48. The zero-order chi connectivity index (χ0) is 18.4. The first-order valence-corrected chi connectivity index (χ1v) is 10.2. The third kappa shape index (κ3) is 5.79. The average Bonchev–Trinajstić information content (AvgIpc) is 2.67. The maximum Gasteiger partial charge on any atom is 0.173 e. The topological polar surface area (TPSA) is 31.0 Å². The van der Waals surface area contributed by atoms with Crippen molar-refractivity contribution in [2.45, 2.75) is 18.9 Å². The number of rotatable bonds is 5. The molecule has 144 valence electrons. The fourth-order valence-corrected chi connectivity index (χ4v) is 4.08. The van der Waals surface area contributed by atoms with Crippen LogP contribution in [0.5, 0.6) is 0 Å². The SMILES string of the molecule is CN(CCN1CCOCC1)C1CCN(C(=S)Nc2cccc(Cl)c2)CC1. The molecule has 26 heavy (non-hydrogen) atoms. The van der Waals surface area contributed by atoms with Gasteiger partial charge in [0.2, 0.25) is 0 Å². The molecule has 0 aromatic heterocycles. The predicted molar refractivity (Wildman–Crippen MR) is 112 cm³/mol. The first-order valence-electron chi connectivity index (χ1n) is 9.43. The molecule has 0 aliphatic carbocycles. The monoisotopic (exact) mass is 396 g/mol. The number of morpholine rings is 1. The van der Waals surface area contributed by atoms with E-state index in [4.69, 9.17) is 28.6 Å². The van der Waals surface area contributed by atoms with Gasteiger partial charge in [-0.05, 0) is 50.3 Å². The summed E-state index contributed by atoms with van der Waals surface area (Å²) < 4.78 is 5.42. The number of nitrogens with one attached hydrogen (secondary N) is 1. The van der Waals surface area contributed by atoms with Gasteiger partial charge in [-0.2, -0.15) is 0 Å². The highest BCUT2D eigenvalue weighted by molar-refractivity contribution is 7.80. The fraction of sp³-hybridized carbons (Fsp3) is 0.632. The summed E-state index contributed by atoms with van der Waals surface area (Å²) in [7, 11) is 2.25. The number of nitrogens with zero attached hydrogens (tertiary/aromatic N) is 3. The lowest BCUT2D eigenvalue weighted by molar-refractivity contribution is 0.0311. The van der Waals surface area contributed by atoms with Gasteiger partial charge in [0.05, 0.1) is 13.2 Å². The van der Waals surface area contributed by atoms with Crippen LogP contribution in [-0.2, 0) is 4.74 Å². The molecule has 2 saturated heterocycles. The molecule has 0 unspecified atom stereocenters. The smallest absolute Gasteiger partial charge is 0.173 e. The van der Waals surface area contributed by atoms with Crippen molar-refractivity contribution >= 4 is 34.6 Å². The lowest BCUT2D eigenvalue weighted by Gasteiger charge is -2.38. The largest absolute Gasteiger partial charge is 0.379 e. The van der Waals surface area contributed by atoms with E-state index in [-0.39, 0.29) is 0 Å². The second-order valence-electron chi connectivity index (χ2n) is 7.09. The quantitative estimate of drug-likeness (QED) is 0.770. The van der Waals surface area contributed by atoms with Crippen LogP contribution in [0.1, 0.15) is 12.8 Å². The van der Waals surface area contributed by atoms with Crippen molar-refractivity contribution in [1.29, 1.82) is 0 Å². The molecule has 1 aromatic carbocycles. The number of hydrogen-bond donors (Lipinski definition) is 1. The van der Waals surface area contributed by atoms with Crippen LogP contribution < -0.4 is 5.32 Å². The molecule has 7 heteroatoms. The van der Waals surface area contributed by atoms with Crippen LogP contribution in [0, 0.1) is 0 Å². The average molecular weight is 397 g/mol. The normalized spacial score (nSPS) is 19.7. The van der Waals surface area contributed by atoms with Crippen LogP contribution >= 0.6 is 23.8 Å². The van der Waals surface area contributed by atoms with Gasteiger partial charge in [0.1, 0.15) is 0 Å². The van der Waals surface area contributed by atoms with E-state index in [0.717, 1.165) is 81.1 Å². The van der Waals surface area contributed by atoms with E-state index in [2.05, 4.69) is 27.1 Å². The van der Waals surface area contributed by atoms with E-state index in [0.29, 0.717) is 6.04 Å². The first kappa shape index (κ1) is 19.8. The number of ether oxygens (including phenoxy) is 1. The minimum Gasteiger partial charge on any atom is -0.379 e. The minimum atomic E-state index is 0.640. The Morgan fingerprint density at radius 1 is 1.27 bits per heavy atom. The van der Waals surface area contributed by atoms with Gasteiger partial charge in [-0.1, -0.05) is 17.7 Å². The summed E-state index contributed by atoms with van der Waals surface area (Å²) in [4.78, 5) is 7.28. The Kier molecular flexibility index (Phi) is 7.52. The van der Waals surface area contributed by atoms with E-state index in [1.807, 2.05) is 24.3 Å². The number of hydrogen-bond acceptors (Lipinski definition) is 4. The second kappa shape index (κ2) is 9.85. The number of likely N-dealkylation sites (N-methyl/N-ethyl adjacent to an activating group) is 1. The zero-order valence-electron chi connectivity index (χ0n) is 15.5. The molecule has 0 atom stereocenters. The lowest BCUT2D eigenvalue weighted by atomic mass is 10.0. The molecular formula is C19H29ClN4OS. The standard InChI is InChI=1S/C19H29ClN4OS/c1-22(9-10-23-11-13-25-14-12-23)18-5-7-24(8-6-18)19(26)21-17-4-2-3-16(20)15-17/h2-4,15,18H,5-14H2,1H3,(H,21,26). The summed E-state index contributed by atoms with van der Waals surface area (Å²) in [6, 6.07) is 8.34. The van der Waals surface area contributed by atoms with Gasteiger partial charge in [0, 0.05) is 56.0 Å². The van der Waals surface area contributed by atoms with E-state index < -0.39 is 0 Å². The van der Waals surface area contributed by atoms with Gasteiger partial charge < -0.3 is 19.9 Å². The third-order valence-corrected chi connectivity index (χ3v) is 5.92. The highest BCUT2D eigenvalue weighted by atomic mass is 35.5. The second-order valence-corrected chi connectivity index (χ2v) is 7.92. The van der Waals surface area contributed by atoms with E-state index in [1.165, 1.54) is 0 Å². The molecule has 0 radical (unpaired) electrons. The van der Waals surface area contributed by atoms with Crippen molar-refractivity contribution < 1.29 is 4.74 Å². The molecule has 2 heterocycles. The van der Waals surface area contributed by atoms with Gasteiger partial charge in [0.25, 0.3) is 0 Å². The molecule has 0 amide bonds. The molecule has 0 saturated carbocycles. The number of halogens is 1. The van der Waals surface area contributed by atoms with Crippen molar-refractivity contribution in [2.24, 2.45) is 0 Å². The minimum absolute atomic E-state index is 0.640. The molecule has 2 aliphatic heterocycles. The van der Waals surface area contributed by atoms with Gasteiger partial charge >= 0.3 is 0 Å². The van der Waals surface area contributed by atoms with Crippen LogP contribution in [0.25, 0.3) is 0 Å². The molecule has 3 rings (SSSR count). The zero-order valence-corrected chi connectivity index (χ0v) is 17.1. The Morgan fingerprint density at radius 2 is 2.00 bits per heavy atom. The summed E-state index contributed by atoms with van der Waals surface area (Å²) in [5, 5.41) is 4.82. The third-order valence-electron chi connectivity index (χ3n) is 5.32.